The van der Waals surface area contributed by atoms with Gasteiger partial charge < -0.3 is 14.9 Å². The van der Waals surface area contributed by atoms with Crippen molar-refractivity contribution in [3.05, 3.63) is 0 Å². The molecule has 2 fully saturated rings. The molecule has 2 aliphatic rings. The van der Waals surface area contributed by atoms with Crippen LogP contribution in [0.3, 0.4) is 0 Å². The fraction of sp³-hybridized carbons (Fsp3) is 0.875. The normalized spacial score (nSPS) is 33.3. The molecule has 21 heavy (non-hydrogen) atoms. The zero-order valence-corrected chi connectivity index (χ0v) is 13.5. The Morgan fingerprint density at radius 2 is 1.86 bits per heavy atom. The van der Waals surface area contributed by atoms with Crippen LogP contribution in [-0.4, -0.2) is 52.1 Å². The molecule has 1 N–H and O–H groups in total. The van der Waals surface area contributed by atoms with Gasteiger partial charge in [-0.15, -0.1) is 0 Å². The lowest BCUT2D eigenvalue weighted by molar-refractivity contribution is -0.148. The van der Waals surface area contributed by atoms with Crippen LogP contribution in [0.25, 0.3) is 0 Å². The van der Waals surface area contributed by atoms with Crippen molar-refractivity contribution in [3.8, 4) is 0 Å². The highest BCUT2D eigenvalue weighted by Crippen LogP contribution is 2.37. The molecular weight excluding hydrogens is 268 g/mol. The third kappa shape index (κ3) is 3.01. The molecule has 0 bridgehead atoms. The van der Waals surface area contributed by atoms with Gasteiger partial charge in [0.2, 0.25) is 0 Å². The molecule has 0 aromatic rings. The molecule has 5 heteroatoms. The maximum Gasteiger partial charge on any atom is 0.320 e. The smallest absolute Gasteiger partial charge is 0.320 e. The quantitative estimate of drug-likeness (QED) is 0.871. The van der Waals surface area contributed by atoms with E-state index in [4.69, 9.17) is 0 Å². The van der Waals surface area contributed by atoms with Gasteiger partial charge >= 0.3 is 12.0 Å². The van der Waals surface area contributed by atoms with E-state index in [-0.39, 0.29) is 18.1 Å². The minimum absolute atomic E-state index is 0.0360. The zero-order valence-electron chi connectivity index (χ0n) is 13.5. The predicted octanol–water partition coefficient (Wildman–Crippen LogP) is 2.95. The summed E-state index contributed by atoms with van der Waals surface area (Å²) in [5.74, 6) is -0.751. The van der Waals surface area contributed by atoms with Crippen molar-refractivity contribution in [2.75, 3.05) is 13.1 Å². The summed E-state index contributed by atoms with van der Waals surface area (Å²) in [6.07, 6.45) is 5.33. The van der Waals surface area contributed by atoms with Crippen molar-refractivity contribution in [2.45, 2.75) is 71.4 Å². The van der Waals surface area contributed by atoms with Gasteiger partial charge in [-0.3, -0.25) is 4.79 Å². The second kappa shape index (κ2) is 6.24. The number of nitrogens with zero attached hydrogens (tertiary/aromatic N) is 2. The number of piperidine rings is 1. The molecule has 0 radical (unpaired) electrons. The van der Waals surface area contributed by atoms with Crippen LogP contribution in [0, 0.1) is 5.41 Å². The first kappa shape index (κ1) is 16.1. The van der Waals surface area contributed by atoms with E-state index in [2.05, 4.69) is 13.8 Å². The van der Waals surface area contributed by atoms with Gasteiger partial charge in [-0.25, -0.2) is 4.79 Å². The number of carbonyl (C=O) groups excluding carboxylic acids is 1. The van der Waals surface area contributed by atoms with Gasteiger partial charge in [0.1, 0.15) is 0 Å². The molecule has 2 amide bonds. The Hall–Kier alpha value is -1.26. The first-order valence-electron chi connectivity index (χ1n) is 8.22. The molecule has 2 rings (SSSR count). The van der Waals surface area contributed by atoms with Crippen LogP contribution in [0.15, 0.2) is 0 Å². The molecule has 0 saturated carbocycles. The highest BCUT2D eigenvalue weighted by molar-refractivity contribution is 5.80. The lowest BCUT2D eigenvalue weighted by atomic mass is 9.83. The van der Waals surface area contributed by atoms with Crippen LogP contribution >= 0.6 is 0 Å². The fourth-order valence-electron chi connectivity index (χ4n) is 3.96. The molecule has 120 valence electrons. The first-order chi connectivity index (χ1) is 9.91. The number of carboxylic acid groups (broad SMARTS) is 1. The summed E-state index contributed by atoms with van der Waals surface area (Å²) in [4.78, 5) is 28.2. The molecule has 2 heterocycles. The van der Waals surface area contributed by atoms with E-state index in [1.165, 1.54) is 6.42 Å². The van der Waals surface area contributed by atoms with Gasteiger partial charge in [-0.2, -0.15) is 0 Å². The number of urea groups is 1. The Labute approximate surface area is 127 Å². The van der Waals surface area contributed by atoms with Gasteiger partial charge in [-0.05, 0) is 46.0 Å². The minimum atomic E-state index is -0.751. The minimum Gasteiger partial charge on any atom is -0.481 e. The van der Waals surface area contributed by atoms with E-state index in [9.17, 15) is 14.7 Å². The van der Waals surface area contributed by atoms with E-state index >= 15 is 0 Å². The molecule has 0 aliphatic carbocycles. The highest BCUT2D eigenvalue weighted by atomic mass is 16.4. The van der Waals surface area contributed by atoms with Crippen molar-refractivity contribution in [1.29, 1.82) is 0 Å². The van der Waals surface area contributed by atoms with Gasteiger partial charge in [0, 0.05) is 25.2 Å². The maximum atomic E-state index is 12.8. The molecule has 2 aliphatic heterocycles. The van der Waals surface area contributed by atoms with Gasteiger partial charge in [-0.1, -0.05) is 13.3 Å². The van der Waals surface area contributed by atoms with Crippen molar-refractivity contribution in [2.24, 2.45) is 5.41 Å². The number of hydrogen-bond acceptors (Lipinski definition) is 2. The van der Waals surface area contributed by atoms with Crippen molar-refractivity contribution < 1.29 is 14.7 Å². The number of carbonyl (C=O) groups is 2. The average Bonchev–Trinajstić information content (AvgIpc) is 2.84. The number of aliphatic carboxylic acids is 1. The number of hydrogen-bond donors (Lipinski definition) is 1. The second-order valence-electron chi connectivity index (χ2n) is 6.83. The largest absolute Gasteiger partial charge is 0.481 e. The summed E-state index contributed by atoms with van der Waals surface area (Å²) in [7, 11) is 0. The topological polar surface area (TPSA) is 60.9 Å². The zero-order chi connectivity index (χ0) is 15.6. The Morgan fingerprint density at radius 3 is 2.38 bits per heavy atom. The summed E-state index contributed by atoms with van der Waals surface area (Å²) < 4.78 is 0. The Balaban J connectivity index is 2.09. The van der Waals surface area contributed by atoms with Crippen molar-refractivity contribution in [3.63, 3.8) is 0 Å². The average molecular weight is 296 g/mol. The third-order valence-electron chi connectivity index (χ3n) is 5.22. The summed E-state index contributed by atoms with van der Waals surface area (Å²) in [6, 6.07) is 0.549. The van der Waals surface area contributed by atoms with Crippen LogP contribution in [0.5, 0.6) is 0 Å². The van der Waals surface area contributed by atoms with E-state index in [0.29, 0.717) is 25.9 Å². The van der Waals surface area contributed by atoms with E-state index in [0.717, 1.165) is 19.3 Å². The predicted molar refractivity (Wildman–Crippen MR) is 81.2 cm³/mol. The molecule has 3 unspecified atom stereocenters. The molecule has 2 saturated heterocycles. The van der Waals surface area contributed by atoms with Gasteiger partial charge in [0.15, 0.2) is 0 Å². The summed E-state index contributed by atoms with van der Waals surface area (Å²) in [5, 5.41) is 9.56. The SMILES string of the molecule is CCCC1(C(=O)O)CCN(C(=O)N2C(C)CCCC2C)C1. The van der Waals surface area contributed by atoms with Crippen molar-refractivity contribution in [1.82, 2.24) is 9.80 Å². The number of carboxylic acids is 1. The van der Waals surface area contributed by atoms with Gasteiger partial charge in [0.05, 0.1) is 5.41 Å². The first-order valence-corrected chi connectivity index (χ1v) is 8.22. The summed E-state index contributed by atoms with van der Waals surface area (Å²) in [5.41, 5.74) is -0.729. The molecular formula is C16H28N2O3. The van der Waals surface area contributed by atoms with Crippen LogP contribution in [0.2, 0.25) is 0 Å². The number of rotatable bonds is 3. The third-order valence-corrected chi connectivity index (χ3v) is 5.22. The summed E-state index contributed by atoms with van der Waals surface area (Å²) in [6.45, 7) is 7.14. The second-order valence-corrected chi connectivity index (χ2v) is 6.83. The number of likely N-dealkylation sites (tertiary alicyclic amines) is 2. The lowest BCUT2D eigenvalue weighted by Crippen LogP contribution is -2.53. The van der Waals surface area contributed by atoms with E-state index in [1.54, 1.807) is 4.90 Å². The number of amides is 2. The molecule has 5 nitrogen and oxygen atoms in total. The Morgan fingerprint density at radius 1 is 1.24 bits per heavy atom. The Kier molecular flexibility index (Phi) is 4.79. The highest BCUT2D eigenvalue weighted by Gasteiger charge is 2.47. The van der Waals surface area contributed by atoms with Gasteiger partial charge in [0.25, 0.3) is 0 Å². The van der Waals surface area contributed by atoms with Crippen LogP contribution < -0.4 is 0 Å². The van der Waals surface area contributed by atoms with Crippen molar-refractivity contribution >= 4 is 12.0 Å². The van der Waals surface area contributed by atoms with Crippen LogP contribution in [-0.2, 0) is 4.79 Å². The standard InChI is InChI=1S/C16H28N2O3/c1-4-8-16(14(19)20)9-10-17(11-16)15(21)18-12(2)6-5-7-13(18)3/h12-13H,4-11H2,1-3H3,(H,19,20). The molecule has 3 atom stereocenters. The van der Waals surface area contributed by atoms with E-state index < -0.39 is 11.4 Å². The fourth-order valence-corrected chi connectivity index (χ4v) is 3.96. The van der Waals surface area contributed by atoms with Crippen LogP contribution in [0.4, 0.5) is 4.79 Å². The molecule has 0 aromatic heterocycles. The van der Waals surface area contributed by atoms with E-state index in [1.807, 2.05) is 11.8 Å². The molecule has 0 spiro atoms. The molecule has 0 aromatic carbocycles. The monoisotopic (exact) mass is 296 g/mol. The van der Waals surface area contributed by atoms with Crippen LogP contribution in [0.1, 0.15) is 59.3 Å². The lowest BCUT2D eigenvalue weighted by Gasteiger charge is -2.41. The Bertz CT molecular complexity index is 402. The maximum absolute atomic E-state index is 12.8. The summed E-state index contributed by atoms with van der Waals surface area (Å²) >= 11 is 0.